The monoisotopic (exact) mass is 237 g/mol. The molecule has 1 rings (SSSR count). The predicted molar refractivity (Wildman–Crippen MR) is 71.7 cm³/mol. The number of hydrogen-bond donors (Lipinski definition) is 1. The van der Waals surface area contributed by atoms with Gasteiger partial charge < -0.3 is 5.32 Å². The highest BCUT2D eigenvalue weighted by molar-refractivity contribution is 5.24. The van der Waals surface area contributed by atoms with E-state index < -0.39 is 0 Å². The second-order valence-electron chi connectivity index (χ2n) is 5.46. The summed E-state index contributed by atoms with van der Waals surface area (Å²) in [5.41, 5.74) is 1.97. The van der Waals surface area contributed by atoms with Crippen LogP contribution in [-0.4, -0.2) is 13.1 Å². The molecule has 1 N–H and O–H groups in total. The van der Waals surface area contributed by atoms with Crippen LogP contribution < -0.4 is 5.32 Å². The zero-order valence-electron chi connectivity index (χ0n) is 11.4. The van der Waals surface area contributed by atoms with Gasteiger partial charge in [0.2, 0.25) is 0 Å². The van der Waals surface area contributed by atoms with E-state index in [4.69, 9.17) is 0 Å². The number of rotatable bonds is 6. The van der Waals surface area contributed by atoms with Crippen molar-refractivity contribution in [3.05, 3.63) is 35.1 Å². The maximum absolute atomic E-state index is 13.6. The molecule has 1 atom stereocenters. The Morgan fingerprint density at radius 3 is 2.53 bits per heavy atom. The molecule has 2 heteroatoms. The van der Waals surface area contributed by atoms with E-state index in [0.29, 0.717) is 11.8 Å². The summed E-state index contributed by atoms with van der Waals surface area (Å²) < 4.78 is 13.6. The molecule has 0 aliphatic carbocycles. The van der Waals surface area contributed by atoms with E-state index in [-0.39, 0.29) is 5.82 Å². The Morgan fingerprint density at radius 2 is 1.88 bits per heavy atom. The fourth-order valence-corrected chi connectivity index (χ4v) is 1.93. The van der Waals surface area contributed by atoms with Crippen LogP contribution in [0.4, 0.5) is 4.39 Å². The van der Waals surface area contributed by atoms with Crippen LogP contribution in [0.15, 0.2) is 18.2 Å². The molecule has 1 aromatic rings. The quantitative estimate of drug-likeness (QED) is 0.797. The second kappa shape index (κ2) is 6.75. The van der Waals surface area contributed by atoms with Gasteiger partial charge in [0.25, 0.3) is 0 Å². The van der Waals surface area contributed by atoms with Gasteiger partial charge >= 0.3 is 0 Å². The molecule has 0 aromatic heterocycles. The van der Waals surface area contributed by atoms with Crippen molar-refractivity contribution in [1.82, 2.24) is 5.32 Å². The highest BCUT2D eigenvalue weighted by atomic mass is 19.1. The standard InChI is InChI=1S/C15H24FN/c1-11(2)9-17-10-13(4)8-14-7-12(3)5-6-15(14)16/h5-7,11,13,17H,8-10H2,1-4H3. The Kier molecular flexibility index (Phi) is 5.63. The van der Waals surface area contributed by atoms with Gasteiger partial charge in [0.15, 0.2) is 0 Å². The van der Waals surface area contributed by atoms with Crippen molar-refractivity contribution < 1.29 is 4.39 Å². The van der Waals surface area contributed by atoms with Crippen LogP contribution in [0, 0.1) is 24.6 Å². The molecular formula is C15H24FN. The molecule has 0 aliphatic rings. The number of nitrogens with one attached hydrogen (secondary N) is 1. The summed E-state index contributed by atoms with van der Waals surface area (Å²) in [5, 5.41) is 3.42. The number of benzene rings is 1. The fourth-order valence-electron chi connectivity index (χ4n) is 1.93. The molecule has 0 saturated heterocycles. The van der Waals surface area contributed by atoms with Gasteiger partial charge in [-0.3, -0.25) is 0 Å². The molecule has 0 amide bonds. The molecule has 0 aliphatic heterocycles. The predicted octanol–water partition coefficient (Wildman–Crippen LogP) is 3.56. The van der Waals surface area contributed by atoms with Crippen molar-refractivity contribution in [2.75, 3.05) is 13.1 Å². The summed E-state index contributed by atoms with van der Waals surface area (Å²) in [7, 11) is 0. The van der Waals surface area contributed by atoms with Crippen molar-refractivity contribution in [3.63, 3.8) is 0 Å². The normalized spacial score (nSPS) is 13.1. The Bertz CT molecular complexity index is 347. The number of aryl methyl sites for hydroxylation is 1. The third-order valence-electron chi connectivity index (χ3n) is 2.81. The third kappa shape index (κ3) is 5.31. The Morgan fingerprint density at radius 1 is 1.18 bits per heavy atom. The van der Waals surface area contributed by atoms with Crippen LogP contribution in [0.25, 0.3) is 0 Å². The molecule has 17 heavy (non-hydrogen) atoms. The first-order valence-corrected chi connectivity index (χ1v) is 6.44. The Hall–Kier alpha value is -0.890. The molecule has 1 aromatic carbocycles. The molecule has 1 nitrogen and oxygen atoms in total. The smallest absolute Gasteiger partial charge is 0.126 e. The van der Waals surface area contributed by atoms with Crippen LogP contribution in [0.2, 0.25) is 0 Å². The maximum Gasteiger partial charge on any atom is 0.126 e. The van der Waals surface area contributed by atoms with Gasteiger partial charge in [-0.1, -0.05) is 38.5 Å². The summed E-state index contributed by atoms with van der Waals surface area (Å²) in [5.74, 6) is 1.05. The van der Waals surface area contributed by atoms with E-state index in [9.17, 15) is 4.39 Å². The zero-order chi connectivity index (χ0) is 12.8. The van der Waals surface area contributed by atoms with Gasteiger partial charge in [0.05, 0.1) is 0 Å². The second-order valence-corrected chi connectivity index (χ2v) is 5.46. The minimum absolute atomic E-state index is 0.0775. The largest absolute Gasteiger partial charge is 0.316 e. The molecule has 96 valence electrons. The summed E-state index contributed by atoms with van der Waals surface area (Å²) >= 11 is 0. The molecule has 0 heterocycles. The van der Waals surface area contributed by atoms with Crippen molar-refractivity contribution in [2.24, 2.45) is 11.8 Å². The summed E-state index contributed by atoms with van der Waals surface area (Å²) in [6.07, 6.45) is 0.804. The van der Waals surface area contributed by atoms with Crippen molar-refractivity contribution in [1.29, 1.82) is 0 Å². The molecule has 0 fully saturated rings. The minimum Gasteiger partial charge on any atom is -0.316 e. The average molecular weight is 237 g/mol. The van der Waals surface area contributed by atoms with E-state index in [1.165, 1.54) is 0 Å². The Labute approximate surface area is 104 Å². The SMILES string of the molecule is Cc1ccc(F)c(CC(C)CNCC(C)C)c1. The van der Waals surface area contributed by atoms with Crippen molar-refractivity contribution in [2.45, 2.75) is 34.1 Å². The molecule has 0 bridgehead atoms. The lowest BCUT2D eigenvalue weighted by Gasteiger charge is -2.14. The van der Waals surface area contributed by atoms with Gasteiger partial charge in [-0.15, -0.1) is 0 Å². The fraction of sp³-hybridized carbons (Fsp3) is 0.600. The van der Waals surface area contributed by atoms with E-state index in [1.54, 1.807) is 6.07 Å². The third-order valence-corrected chi connectivity index (χ3v) is 2.81. The van der Waals surface area contributed by atoms with Crippen LogP contribution in [0.1, 0.15) is 31.9 Å². The van der Waals surface area contributed by atoms with Gasteiger partial charge in [0, 0.05) is 0 Å². The van der Waals surface area contributed by atoms with Crippen LogP contribution in [-0.2, 0) is 6.42 Å². The first-order valence-electron chi connectivity index (χ1n) is 6.44. The molecule has 1 unspecified atom stereocenters. The van der Waals surface area contributed by atoms with Crippen LogP contribution >= 0.6 is 0 Å². The van der Waals surface area contributed by atoms with Crippen LogP contribution in [0.5, 0.6) is 0 Å². The Balaban J connectivity index is 2.44. The van der Waals surface area contributed by atoms with E-state index in [1.807, 2.05) is 19.1 Å². The first-order chi connectivity index (χ1) is 7.99. The minimum atomic E-state index is -0.0775. The summed E-state index contributed by atoms with van der Waals surface area (Å²) in [6.45, 7) is 10.5. The van der Waals surface area contributed by atoms with Crippen molar-refractivity contribution in [3.8, 4) is 0 Å². The molecule has 0 radical (unpaired) electrons. The molecule has 0 saturated carbocycles. The lowest BCUT2D eigenvalue weighted by Crippen LogP contribution is -2.26. The van der Waals surface area contributed by atoms with Gasteiger partial charge in [-0.25, -0.2) is 4.39 Å². The van der Waals surface area contributed by atoms with Gasteiger partial charge in [0.1, 0.15) is 5.82 Å². The zero-order valence-corrected chi connectivity index (χ0v) is 11.4. The van der Waals surface area contributed by atoms with E-state index >= 15 is 0 Å². The van der Waals surface area contributed by atoms with Gasteiger partial charge in [-0.05, 0) is 49.9 Å². The summed E-state index contributed by atoms with van der Waals surface area (Å²) in [6, 6.07) is 5.34. The van der Waals surface area contributed by atoms with Crippen molar-refractivity contribution >= 4 is 0 Å². The number of halogens is 1. The number of hydrogen-bond acceptors (Lipinski definition) is 1. The van der Waals surface area contributed by atoms with Crippen LogP contribution in [0.3, 0.4) is 0 Å². The first kappa shape index (κ1) is 14.2. The molecular weight excluding hydrogens is 213 g/mol. The van der Waals surface area contributed by atoms with E-state index in [0.717, 1.165) is 30.6 Å². The summed E-state index contributed by atoms with van der Waals surface area (Å²) in [4.78, 5) is 0. The maximum atomic E-state index is 13.6. The van der Waals surface area contributed by atoms with E-state index in [2.05, 4.69) is 26.1 Å². The highest BCUT2D eigenvalue weighted by Crippen LogP contribution is 2.14. The highest BCUT2D eigenvalue weighted by Gasteiger charge is 2.08. The van der Waals surface area contributed by atoms with Gasteiger partial charge in [-0.2, -0.15) is 0 Å². The lowest BCUT2D eigenvalue weighted by molar-refractivity contribution is 0.466. The average Bonchev–Trinajstić information content (AvgIpc) is 2.23. The topological polar surface area (TPSA) is 12.0 Å². The lowest BCUT2D eigenvalue weighted by atomic mass is 9.99. The molecule has 0 spiro atoms.